The van der Waals surface area contributed by atoms with Gasteiger partial charge in [0.25, 0.3) is 0 Å². The second-order valence-electron chi connectivity index (χ2n) is 6.81. The number of amides is 1. The van der Waals surface area contributed by atoms with Crippen LogP contribution < -0.4 is 10.2 Å². The Morgan fingerprint density at radius 2 is 1.92 bits per heavy atom. The number of anilines is 1. The number of carbonyl (C=O) groups excluding carboxylic acids is 1. The van der Waals surface area contributed by atoms with Gasteiger partial charge >= 0.3 is 0 Å². The Hall–Kier alpha value is -2.31. The summed E-state index contributed by atoms with van der Waals surface area (Å²) in [4.78, 5) is 22.1. The van der Waals surface area contributed by atoms with E-state index in [1.165, 1.54) is 6.07 Å². The normalized spacial score (nSPS) is 16.4. The van der Waals surface area contributed by atoms with E-state index >= 15 is 0 Å². The molecule has 2 rings (SSSR count). The first-order valence-corrected chi connectivity index (χ1v) is 9.18. The average molecular weight is 363 g/mol. The van der Waals surface area contributed by atoms with Crippen molar-refractivity contribution in [2.75, 3.05) is 51.7 Å². The van der Waals surface area contributed by atoms with Crippen LogP contribution in [0.25, 0.3) is 0 Å². The summed E-state index contributed by atoms with van der Waals surface area (Å²) < 4.78 is 14.0. The molecule has 0 radical (unpaired) electrons. The van der Waals surface area contributed by atoms with Crippen LogP contribution in [0.15, 0.2) is 29.3 Å². The number of nitrogens with zero attached hydrogens (tertiary/aromatic N) is 4. The minimum Gasteiger partial charge on any atom is -0.366 e. The van der Waals surface area contributed by atoms with Gasteiger partial charge in [-0.1, -0.05) is 19.1 Å². The highest BCUT2D eigenvalue weighted by atomic mass is 19.1. The summed E-state index contributed by atoms with van der Waals surface area (Å²) in [6, 6.07) is 7.14. The third-order valence-electron chi connectivity index (χ3n) is 4.62. The highest BCUT2D eigenvalue weighted by molar-refractivity contribution is 5.85. The Kier molecular flexibility index (Phi) is 7.24. The van der Waals surface area contributed by atoms with E-state index in [1.807, 2.05) is 12.1 Å². The number of guanidine groups is 1. The van der Waals surface area contributed by atoms with Crippen LogP contribution in [-0.4, -0.2) is 74.5 Å². The fraction of sp³-hybridized carbons (Fsp3) is 0.579. The zero-order valence-corrected chi connectivity index (χ0v) is 16.2. The van der Waals surface area contributed by atoms with Gasteiger partial charge in [-0.25, -0.2) is 9.38 Å². The van der Waals surface area contributed by atoms with Gasteiger partial charge in [0.15, 0.2) is 5.96 Å². The predicted octanol–water partition coefficient (Wildman–Crippen LogP) is 1.78. The molecule has 26 heavy (non-hydrogen) atoms. The lowest BCUT2D eigenvalue weighted by atomic mass is 10.2. The van der Waals surface area contributed by atoms with Gasteiger partial charge in [0.1, 0.15) is 12.4 Å². The number of aliphatic imine (C=N–C) groups is 1. The number of nitrogens with one attached hydrogen (secondary N) is 1. The summed E-state index contributed by atoms with van der Waals surface area (Å²) in [5.74, 6) is 0.533. The molecule has 1 saturated heterocycles. The monoisotopic (exact) mass is 363 g/mol. The lowest BCUT2D eigenvalue weighted by Crippen LogP contribution is -2.54. The van der Waals surface area contributed by atoms with E-state index in [0.29, 0.717) is 18.8 Å². The predicted molar refractivity (Wildman–Crippen MR) is 104 cm³/mol. The molecule has 1 atom stereocenters. The molecule has 1 fully saturated rings. The topological polar surface area (TPSA) is 51.2 Å². The maximum Gasteiger partial charge on any atom is 0.243 e. The van der Waals surface area contributed by atoms with Crippen LogP contribution in [0.3, 0.4) is 0 Å². The zero-order valence-electron chi connectivity index (χ0n) is 16.2. The highest BCUT2D eigenvalue weighted by Crippen LogP contribution is 2.20. The van der Waals surface area contributed by atoms with Gasteiger partial charge in [-0.3, -0.25) is 4.79 Å². The van der Waals surface area contributed by atoms with Crippen molar-refractivity contribution in [2.24, 2.45) is 4.99 Å². The standard InChI is InChI=1S/C19H30FN5O/c1-5-15(2)22-19(21-14-18(26)23(3)4)25-12-10-24(11-13-25)17-9-7-6-8-16(17)20/h6-9,15H,5,10-14H2,1-4H3,(H,21,22). The number of piperazine rings is 1. The molecule has 0 saturated carbocycles. The SMILES string of the molecule is CCC(C)NC(=NCC(=O)N(C)C)N1CCN(c2ccccc2F)CC1. The molecule has 0 aliphatic carbocycles. The number of likely N-dealkylation sites (N-methyl/N-ethyl adjacent to an activating group) is 1. The number of carbonyl (C=O) groups is 1. The maximum absolute atomic E-state index is 14.0. The molecule has 0 spiro atoms. The van der Waals surface area contributed by atoms with E-state index in [1.54, 1.807) is 25.1 Å². The van der Waals surface area contributed by atoms with Gasteiger partial charge in [0.05, 0.1) is 5.69 Å². The summed E-state index contributed by atoms with van der Waals surface area (Å²) in [6.45, 7) is 7.21. The minimum atomic E-state index is -0.191. The molecule has 7 heteroatoms. The molecule has 0 bridgehead atoms. The van der Waals surface area contributed by atoms with Crippen molar-refractivity contribution < 1.29 is 9.18 Å². The van der Waals surface area contributed by atoms with Crippen LogP contribution in [-0.2, 0) is 4.79 Å². The second kappa shape index (κ2) is 9.40. The largest absolute Gasteiger partial charge is 0.366 e. The fourth-order valence-electron chi connectivity index (χ4n) is 2.71. The van der Waals surface area contributed by atoms with Gasteiger partial charge in [-0.15, -0.1) is 0 Å². The van der Waals surface area contributed by atoms with Crippen molar-refractivity contribution in [3.8, 4) is 0 Å². The molecule has 1 aromatic rings. The number of halogens is 1. The second-order valence-corrected chi connectivity index (χ2v) is 6.81. The molecule has 1 unspecified atom stereocenters. The lowest BCUT2D eigenvalue weighted by molar-refractivity contribution is -0.127. The van der Waals surface area contributed by atoms with E-state index in [-0.39, 0.29) is 24.3 Å². The van der Waals surface area contributed by atoms with E-state index < -0.39 is 0 Å². The molecule has 0 aromatic heterocycles. The molecule has 1 aliphatic heterocycles. The van der Waals surface area contributed by atoms with E-state index in [9.17, 15) is 9.18 Å². The first kappa shape index (κ1) is 20.0. The Morgan fingerprint density at radius 3 is 2.50 bits per heavy atom. The van der Waals surface area contributed by atoms with Crippen molar-refractivity contribution in [3.63, 3.8) is 0 Å². The summed E-state index contributed by atoms with van der Waals surface area (Å²) >= 11 is 0. The number of hydrogen-bond acceptors (Lipinski definition) is 3. The van der Waals surface area contributed by atoms with E-state index in [2.05, 4.69) is 34.0 Å². The van der Waals surface area contributed by atoms with Crippen molar-refractivity contribution >= 4 is 17.6 Å². The summed E-state index contributed by atoms with van der Waals surface area (Å²) in [7, 11) is 3.46. The first-order valence-electron chi connectivity index (χ1n) is 9.18. The summed E-state index contributed by atoms with van der Waals surface area (Å²) in [6.07, 6.45) is 0.968. The third-order valence-corrected chi connectivity index (χ3v) is 4.62. The number of para-hydroxylation sites is 1. The zero-order chi connectivity index (χ0) is 19.1. The van der Waals surface area contributed by atoms with Crippen LogP contribution in [0.2, 0.25) is 0 Å². The smallest absolute Gasteiger partial charge is 0.243 e. The van der Waals surface area contributed by atoms with Crippen molar-refractivity contribution in [1.82, 2.24) is 15.1 Å². The van der Waals surface area contributed by atoms with Crippen LogP contribution in [0.4, 0.5) is 10.1 Å². The molecule has 144 valence electrons. The van der Waals surface area contributed by atoms with Crippen molar-refractivity contribution in [1.29, 1.82) is 0 Å². The van der Waals surface area contributed by atoms with Crippen LogP contribution in [0, 0.1) is 5.82 Å². The van der Waals surface area contributed by atoms with Crippen LogP contribution >= 0.6 is 0 Å². The van der Waals surface area contributed by atoms with Crippen LogP contribution in [0.1, 0.15) is 20.3 Å². The molecule has 1 aliphatic rings. The Labute approximate surface area is 155 Å². The number of rotatable bonds is 5. The van der Waals surface area contributed by atoms with E-state index in [4.69, 9.17) is 0 Å². The molecule has 1 amide bonds. The molecule has 1 aromatic carbocycles. The van der Waals surface area contributed by atoms with Crippen molar-refractivity contribution in [3.05, 3.63) is 30.1 Å². The quantitative estimate of drug-likeness (QED) is 0.640. The third kappa shape index (κ3) is 5.34. The maximum atomic E-state index is 14.0. The molecule has 1 N–H and O–H groups in total. The number of benzene rings is 1. The van der Waals surface area contributed by atoms with Gasteiger partial charge in [-0.05, 0) is 25.5 Å². The Bertz CT molecular complexity index is 626. The number of hydrogen-bond donors (Lipinski definition) is 1. The van der Waals surface area contributed by atoms with E-state index in [0.717, 1.165) is 25.5 Å². The molecule has 6 nitrogen and oxygen atoms in total. The van der Waals surface area contributed by atoms with Crippen LogP contribution in [0.5, 0.6) is 0 Å². The lowest BCUT2D eigenvalue weighted by Gasteiger charge is -2.38. The minimum absolute atomic E-state index is 0.0292. The fourth-order valence-corrected chi connectivity index (χ4v) is 2.71. The molecular formula is C19H30FN5O. The Morgan fingerprint density at radius 1 is 1.27 bits per heavy atom. The Balaban J connectivity index is 2.04. The first-order chi connectivity index (χ1) is 12.4. The highest BCUT2D eigenvalue weighted by Gasteiger charge is 2.22. The van der Waals surface area contributed by atoms with Gasteiger partial charge in [0, 0.05) is 46.3 Å². The van der Waals surface area contributed by atoms with Gasteiger partial charge < -0.3 is 20.0 Å². The summed E-state index contributed by atoms with van der Waals surface area (Å²) in [5.41, 5.74) is 0.642. The summed E-state index contributed by atoms with van der Waals surface area (Å²) in [5, 5.41) is 3.41. The molecular weight excluding hydrogens is 333 g/mol. The van der Waals surface area contributed by atoms with Gasteiger partial charge in [0.2, 0.25) is 5.91 Å². The molecule has 1 heterocycles. The van der Waals surface area contributed by atoms with Crippen molar-refractivity contribution in [2.45, 2.75) is 26.3 Å². The van der Waals surface area contributed by atoms with Gasteiger partial charge in [-0.2, -0.15) is 0 Å². The average Bonchev–Trinajstić information content (AvgIpc) is 2.65.